The zero-order valence-corrected chi connectivity index (χ0v) is 13.1. The Morgan fingerprint density at radius 2 is 2.10 bits per heavy atom. The summed E-state index contributed by atoms with van der Waals surface area (Å²) in [6.07, 6.45) is 3.40. The summed E-state index contributed by atoms with van der Waals surface area (Å²) < 4.78 is 41.5. The maximum atomic E-state index is 13.3. The van der Waals surface area contributed by atoms with Crippen LogP contribution in [-0.4, -0.2) is 29.0 Å². The van der Waals surface area contributed by atoms with E-state index in [0.29, 0.717) is 12.1 Å². The lowest BCUT2D eigenvalue weighted by Crippen LogP contribution is -2.30. The minimum atomic E-state index is -3.65. The zero-order valence-electron chi connectivity index (χ0n) is 12.2. The van der Waals surface area contributed by atoms with E-state index in [9.17, 15) is 12.8 Å². The molecule has 0 N–H and O–H groups in total. The van der Waals surface area contributed by atoms with E-state index in [-0.39, 0.29) is 11.4 Å². The van der Waals surface area contributed by atoms with Crippen LogP contribution in [0.1, 0.15) is 18.1 Å². The van der Waals surface area contributed by atoms with Gasteiger partial charge in [0.05, 0.1) is 11.1 Å². The number of hydrogen-bond donors (Lipinski definition) is 0. The van der Waals surface area contributed by atoms with E-state index < -0.39 is 15.8 Å². The van der Waals surface area contributed by atoms with Crippen molar-refractivity contribution in [2.45, 2.75) is 25.3 Å². The van der Waals surface area contributed by atoms with Crippen LogP contribution in [0, 0.1) is 12.7 Å². The SMILES string of the molecule is CCN(Cc1cnn(C)c1)S(=O)(=O)c1ccc(F)c(C)c1. The van der Waals surface area contributed by atoms with Crippen LogP contribution < -0.4 is 0 Å². The van der Waals surface area contributed by atoms with Gasteiger partial charge in [0.25, 0.3) is 0 Å². The maximum Gasteiger partial charge on any atom is 0.243 e. The van der Waals surface area contributed by atoms with Gasteiger partial charge in [-0.1, -0.05) is 6.92 Å². The first-order chi connectivity index (χ1) is 9.84. The molecular formula is C14H18FN3O2S. The first-order valence-electron chi connectivity index (χ1n) is 6.58. The van der Waals surface area contributed by atoms with Crippen LogP contribution in [0.2, 0.25) is 0 Å². The second kappa shape index (κ2) is 5.95. The Hall–Kier alpha value is -1.73. The Bertz CT molecular complexity index is 740. The van der Waals surface area contributed by atoms with Crippen molar-refractivity contribution in [1.29, 1.82) is 0 Å². The van der Waals surface area contributed by atoms with E-state index in [1.165, 1.54) is 22.5 Å². The highest BCUT2D eigenvalue weighted by Crippen LogP contribution is 2.20. The molecule has 0 saturated heterocycles. The lowest BCUT2D eigenvalue weighted by Gasteiger charge is -2.20. The average molecular weight is 311 g/mol. The van der Waals surface area contributed by atoms with Gasteiger partial charge in [0.1, 0.15) is 5.82 Å². The van der Waals surface area contributed by atoms with Gasteiger partial charge >= 0.3 is 0 Å². The minimum Gasteiger partial charge on any atom is -0.275 e. The highest BCUT2D eigenvalue weighted by molar-refractivity contribution is 7.89. The fourth-order valence-corrected chi connectivity index (χ4v) is 3.57. The molecule has 1 aromatic heterocycles. The molecule has 0 spiro atoms. The Labute approximate surface area is 124 Å². The van der Waals surface area contributed by atoms with E-state index in [1.807, 2.05) is 0 Å². The summed E-state index contributed by atoms with van der Waals surface area (Å²) in [5, 5.41) is 4.03. The van der Waals surface area contributed by atoms with Gasteiger partial charge in [-0.05, 0) is 30.7 Å². The minimum absolute atomic E-state index is 0.104. The quantitative estimate of drug-likeness (QED) is 0.849. The summed E-state index contributed by atoms with van der Waals surface area (Å²) in [4.78, 5) is 0.104. The molecule has 0 bridgehead atoms. The van der Waals surface area contributed by atoms with Crippen LogP contribution in [-0.2, 0) is 23.6 Å². The van der Waals surface area contributed by atoms with Crippen LogP contribution in [0.3, 0.4) is 0 Å². The fraction of sp³-hybridized carbons (Fsp3) is 0.357. The number of aryl methyl sites for hydroxylation is 2. The van der Waals surface area contributed by atoms with E-state index in [0.717, 1.165) is 5.56 Å². The average Bonchev–Trinajstić information content (AvgIpc) is 2.84. The van der Waals surface area contributed by atoms with Crippen molar-refractivity contribution in [3.8, 4) is 0 Å². The lowest BCUT2D eigenvalue weighted by molar-refractivity contribution is 0.423. The molecule has 0 saturated carbocycles. The molecule has 114 valence electrons. The molecule has 0 unspecified atom stereocenters. The zero-order chi connectivity index (χ0) is 15.6. The normalized spacial score (nSPS) is 12.0. The predicted octanol–water partition coefficient (Wildman–Crippen LogP) is 2.08. The summed E-state index contributed by atoms with van der Waals surface area (Å²) in [7, 11) is -1.87. The third-order valence-corrected chi connectivity index (χ3v) is 5.15. The van der Waals surface area contributed by atoms with Crippen molar-refractivity contribution in [1.82, 2.24) is 14.1 Å². The molecule has 0 aliphatic carbocycles. The standard InChI is InChI=1S/C14H18FN3O2S/c1-4-18(10-12-8-16-17(3)9-12)21(19,20)13-5-6-14(15)11(2)7-13/h5-9H,4,10H2,1-3H3. The van der Waals surface area contributed by atoms with E-state index in [4.69, 9.17) is 0 Å². The third-order valence-electron chi connectivity index (χ3n) is 3.24. The van der Waals surface area contributed by atoms with Crippen LogP contribution in [0.15, 0.2) is 35.5 Å². The monoisotopic (exact) mass is 311 g/mol. The largest absolute Gasteiger partial charge is 0.275 e. The Balaban J connectivity index is 2.32. The van der Waals surface area contributed by atoms with Crippen molar-refractivity contribution in [3.63, 3.8) is 0 Å². The first kappa shape index (κ1) is 15.7. The van der Waals surface area contributed by atoms with Crippen LogP contribution in [0.5, 0.6) is 0 Å². The predicted molar refractivity (Wildman–Crippen MR) is 77.6 cm³/mol. The first-order valence-corrected chi connectivity index (χ1v) is 8.02. The third kappa shape index (κ3) is 3.30. The Kier molecular flexibility index (Phi) is 4.43. The van der Waals surface area contributed by atoms with Gasteiger partial charge in [0, 0.05) is 31.9 Å². The second-order valence-electron chi connectivity index (χ2n) is 4.86. The number of nitrogens with zero attached hydrogens (tertiary/aromatic N) is 3. The van der Waals surface area contributed by atoms with Crippen LogP contribution in [0.25, 0.3) is 0 Å². The van der Waals surface area contributed by atoms with Gasteiger partial charge in [-0.3, -0.25) is 4.68 Å². The molecule has 0 aliphatic heterocycles. The van der Waals surface area contributed by atoms with E-state index >= 15 is 0 Å². The molecule has 0 atom stereocenters. The molecule has 5 nitrogen and oxygen atoms in total. The number of hydrogen-bond acceptors (Lipinski definition) is 3. The van der Waals surface area contributed by atoms with Crippen LogP contribution in [0.4, 0.5) is 4.39 Å². The second-order valence-corrected chi connectivity index (χ2v) is 6.80. The van der Waals surface area contributed by atoms with Gasteiger partial charge in [0.2, 0.25) is 10.0 Å². The van der Waals surface area contributed by atoms with Crippen LogP contribution >= 0.6 is 0 Å². The van der Waals surface area contributed by atoms with Gasteiger partial charge in [-0.15, -0.1) is 0 Å². The van der Waals surface area contributed by atoms with E-state index in [1.54, 1.807) is 38.0 Å². The fourth-order valence-electron chi connectivity index (χ4n) is 2.05. The van der Waals surface area contributed by atoms with Gasteiger partial charge in [-0.2, -0.15) is 9.40 Å². The van der Waals surface area contributed by atoms with Gasteiger partial charge < -0.3 is 0 Å². The summed E-state index contributed by atoms with van der Waals surface area (Å²) in [6.45, 7) is 3.88. The number of aromatic nitrogens is 2. The summed E-state index contributed by atoms with van der Waals surface area (Å²) in [5.41, 5.74) is 1.12. The molecule has 1 aromatic carbocycles. The summed E-state index contributed by atoms with van der Waals surface area (Å²) >= 11 is 0. The van der Waals surface area contributed by atoms with Crippen molar-refractivity contribution >= 4 is 10.0 Å². The highest BCUT2D eigenvalue weighted by Gasteiger charge is 2.24. The van der Waals surface area contributed by atoms with Gasteiger partial charge in [0.15, 0.2) is 0 Å². The molecule has 2 rings (SSSR count). The molecular weight excluding hydrogens is 293 g/mol. The number of sulfonamides is 1. The highest BCUT2D eigenvalue weighted by atomic mass is 32.2. The molecule has 2 aromatic rings. The molecule has 7 heteroatoms. The van der Waals surface area contributed by atoms with Crippen molar-refractivity contribution in [3.05, 3.63) is 47.5 Å². The number of rotatable bonds is 5. The molecule has 0 fully saturated rings. The molecule has 0 radical (unpaired) electrons. The number of benzene rings is 1. The maximum absolute atomic E-state index is 13.3. The molecule has 0 aliphatic rings. The smallest absolute Gasteiger partial charge is 0.243 e. The van der Waals surface area contributed by atoms with Gasteiger partial charge in [-0.25, -0.2) is 12.8 Å². The summed E-state index contributed by atoms with van der Waals surface area (Å²) in [5.74, 6) is -0.413. The van der Waals surface area contributed by atoms with Crippen molar-refractivity contribution in [2.75, 3.05) is 6.54 Å². The summed E-state index contributed by atoms with van der Waals surface area (Å²) in [6, 6.07) is 3.83. The molecule has 0 amide bonds. The molecule has 21 heavy (non-hydrogen) atoms. The topological polar surface area (TPSA) is 55.2 Å². The number of halogens is 1. The van der Waals surface area contributed by atoms with E-state index in [2.05, 4.69) is 5.10 Å². The Morgan fingerprint density at radius 1 is 1.38 bits per heavy atom. The Morgan fingerprint density at radius 3 is 2.62 bits per heavy atom. The molecule has 1 heterocycles. The lowest BCUT2D eigenvalue weighted by atomic mass is 10.2. The van der Waals surface area contributed by atoms with Crippen molar-refractivity contribution < 1.29 is 12.8 Å². The van der Waals surface area contributed by atoms with Crippen molar-refractivity contribution in [2.24, 2.45) is 7.05 Å².